The summed E-state index contributed by atoms with van der Waals surface area (Å²) in [5.41, 5.74) is 0.781. The monoisotopic (exact) mass is 281 g/mol. The summed E-state index contributed by atoms with van der Waals surface area (Å²) in [7, 11) is 0. The number of hydrogen-bond acceptors (Lipinski definition) is 4. The molecule has 0 aromatic carbocycles. The summed E-state index contributed by atoms with van der Waals surface area (Å²) in [5.74, 6) is -0.217. The van der Waals surface area contributed by atoms with Gasteiger partial charge in [-0.05, 0) is 18.6 Å². The fraction of sp³-hybridized carbons (Fsp3) is 0.571. The molecule has 1 fully saturated rings. The van der Waals surface area contributed by atoms with Crippen LogP contribution in [0.1, 0.15) is 24.9 Å². The highest BCUT2D eigenvalue weighted by molar-refractivity contribution is 5.76. The van der Waals surface area contributed by atoms with E-state index in [4.69, 9.17) is 4.74 Å². The van der Waals surface area contributed by atoms with Crippen molar-refractivity contribution >= 4 is 5.91 Å². The summed E-state index contributed by atoms with van der Waals surface area (Å²) < 4.78 is 18.3. The first-order chi connectivity index (χ1) is 9.66. The Hall–Kier alpha value is -1.53. The molecule has 0 spiro atoms. The van der Waals surface area contributed by atoms with E-state index in [1.54, 1.807) is 6.20 Å². The van der Waals surface area contributed by atoms with Gasteiger partial charge in [0.1, 0.15) is 5.82 Å². The van der Waals surface area contributed by atoms with E-state index < -0.39 is 0 Å². The second-order valence-electron chi connectivity index (χ2n) is 4.86. The Bertz CT molecular complexity index is 450. The van der Waals surface area contributed by atoms with Crippen molar-refractivity contribution in [3.05, 3.63) is 29.8 Å². The van der Waals surface area contributed by atoms with Gasteiger partial charge in [-0.15, -0.1) is 0 Å². The number of rotatable bonds is 5. The molecule has 1 N–H and O–H groups in total. The van der Waals surface area contributed by atoms with Crippen molar-refractivity contribution in [2.24, 2.45) is 0 Å². The number of nitrogens with one attached hydrogen (secondary N) is 1. The Morgan fingerprint density at radius 3 is 2.95 bits per heavy atom. The number of carbonyl (C=O) groups excluding carboxylic acids is 1. The minimum absolute atomic E-state index is 0.0318. The second kappa shape index (κ2) is 7.31. The molecule has 1 aliphatic heterocycles. The maximum absolute atomic E-state index is 13.1. The molecule has 2 heterocycles. The van der Waals surface area contributed by atoms with Crippen LogP contribution in [0.4, 0.5) is 4.39 Å². The number of ether oxygens (including phenoxy) is 1. The third-order valence-corrected chi connectivity index (χ3v) is 3.38. The lowest BCUT2D eigenvalue weighted by Gasteiger charge is -2.27. The van der Waals surface area contributed by atoms with E-state index in [1.165, 1.54) is 12.3 Å². The van der Waals surface area contributed by atoms with Crippen LogP contribution in [0, 0.1) is 5.82 Å². The second-order valence-corrected chi connectivity index (χ2v) is 4.86. The fourth-order valence-electron chi connectivity index (χ4n) is 2.15. The van der Waals surface area contributed by atoms with Crippen LogP contribution < -0.4 is 5.32 Å². The Balaban J connectivity index is 1.73. The summed E-state index contributed by atoms with van der Waals surface area (Å²) in [5, 5.41) is 3.21. The maximum Gasteiger partial charge on any atom is 0.224 e. The molecule has 0 radical (unpaired) electrons. The zero-order valence-electron chi connectivity index (χ0n) is 11.6. The first-order valence-electron chi connectivity index (χ1n) is 6.86. The largest absolute Gasteiger partial charge is 0.378 e. The van der Waals surface area contributed by atoms with Crippen molar-refractivity contribution in [2.45, 2.75) is 19.4 Å². The molecule has 0 saturated carbocycles. The Morgan fingerprint density at radius 1 is 1.50 bits per heavy atom. The zero-order valence-corrected chi connectivity index (χ0v) is 11.6. The molecule has 0 bridgehead atoms. The molecular weight excluding hydrogens is 261 g/mol. The molecule has 110 valence electrons. The van der Waals surface area contributed by atoms with E-state index in [-0.39, 0.29) is 17.8 Å². The van der Waals surface area contributed by atoms with Gasteiger partial charge in [0.2, 0.25) is 5.91 Å². The number of amides is 1. The van der Waals surface area contributed by atoms with Crippen molar-refractivity contribution < 1.29 is 13.9 Å². The van der Waals surface area contributed by atoms with Gasteiger partial charge >= 0.3 is 0 Å². The first kappa shape index (κ1) is 14.9. The van der Waals surface area contributed by atoms with Gasteiger partial charge in [0.05, 0.1) is 19.4 Å². The van der Waals surface area contributed by atoms with Gasteiger partial charge in [-0.25, -0.2) is 4.39 Å². The van der Waals surface area contributed by atoms with Crippen LogP contribution in [0.3, 0.4) is 0 Å². The molecular formula is C14H20FN3O2. The average molecular weight is 281 g/mol. The third kappa shape index (κ3) is 4.25. The lowest BCUT2D eigenvalue weighted by molar-refractivity contribution is -0.135. The molecule has 5 nitrogen and oxygen atoms in total. The number of hydrogen-bond donors (Lipinski definition) is 1. The predicted octanol–water partition coefficient (Wildman–Crippen LogP) is 1.12. The van der Waals surface area contributed by atoms with Gasteiger partial charge in [-0.2, -0.15) is 0 Å². The lowest BCUT2D eigenvalue weighted by atomic mass is 10.1. The lowest BCUT2D eigenvalue weighted by Crippen LogP contribution is -2.41. The number of carbonyl (C=O) groups is 1. The van der Waals surface area contributed by atoms with Crippen LogP contribution in [0.15, 0.2) is 18.5 Å². The van der Waals surface area contributed by atoms with Crippen LogP contribution in [0.25, 0.3) is 0 Å². The van der Waals surface area contributed by atoms with Crippen molar-refractivity contribution in [3.63, 3.8) is 0 Å². The first-order valence-corrected chi connectivity index (χ1v) is 6.86. The van der Waals surface area contributed by atoms with E-state index >= 15 is 0 Å². The summed E-state index contributed by atoms with van der Waals surface area (Å²) in [6.45, 7) is 5.06. The smallest absolute Gasteiger partial charge is 0.224 e. The van der Waals surface area contributed by atoms with E-state index in [1.807, 2.05) is 11.8 Å². The van der Waals surface area contributed by atoms with Gasteiger partial charge in [-0.1, -0.05) is 0 Å². The van der Waals surface area contributed by atoms with E-state index in [2.05, 4.69) is 10.3 Å². The minimum atomic E-state index is -0.347. The number of aromatic nitrogens is 1. The highest BCUT2D eigenvalue weighted by Gasteiger charge is 2.16. The van der Waals surface area contributed by atoms with Crippen molar-refractivity contribution in [1.29, 1.82) is 0 Å². The van der Waals surface area contributed by atoms with E-state index in [0.29, 0.717) is 39.3 Å². The molecule has 1 aromatic rings. The van der Waals surface area contributed by atoms with E-state index in [0.717, 1.165) is 5.56 Å². The maximum atomic E-state index is 13.1. The van der Waals surface area contributed by atoms with Crippen LogP contribution in [0.5, 0.6) is 0 Å². The van der Waals surface area contributed by atoms with Gasteiger partial charge in [0, 0.05) is 38.3 Å². The molecule has 20 heavy (non-hydrogen) atoms. The number of halogens is 1. The van der Waals surface area contributed by atoms with Crippen LogP contribution >= 0.6 is 0 Å². The molecule has 2 rings (SSSR count). The SMILES string of the molecule is CC(NCCC(=O)N1CCOCC1)c1cncc(F)c1. The predicted molar refractivity (Wildman–Crippen MR) is 72.6 cm³/mol. The molecule has 1 aliphatic rings. The number of nitrogens with zero attached hydrogens (tertiary/aromatic N) is 2. The molecule has 1 atom stereocenters. The molecule has 6 heteroatoms. The summed E-state index contributed by atoms with van der Waals surface area (Å²) in [6.07, 6.45) is 3.25. The number of pyridine rings is 1. The Labute approximate surface area is 118 Å². The standard InChI is InChI=1S/C14H20FN3O2/c1-11(12-8-13(15)10-16-9-12)17-3-2-14(19)18-4-6-20-7-5-18/h8-11,17H,2-7H2,1H3. The van der Waals surface area contributed by atoms with Crippen LogP contribution in [-0.2, 0) is 9.53 Å². The topological polar surface area (TPSA) is 54.5 Å². The van der Waals surface area contributed by atoms with Crippen molar-refractivity contribution in [3.8, 4) is 0 Å². The molecule has 1 unspecified atom stereocenters. The number of morpholine rings is 1. The summed E-state index contributed by atoms with van der Waals surface area (Å²) in [4.78, 5) is 17.6. The third-order valence-electron chi connectivity index (χ3n) is 3.38. The summed E-state index contributed by atoms with van der Waals surface area (Å²) in [6, 6.07) is 1.42. The fourth-order valence-corrected chi connectivity index (χ4v) is 2.15. The van der Waals surface area contributed by atoms with Gasteiger partial charge in [0.15, 0.2) is 0 Å². The molecule has 1 aromatic heterocycles. The van der Waals surface area contributed by atoms with Gasteiger partial charge < -0.3 is 15.0 Å². The average Bonchev–Trinajstić information content (AvgIpc) is 2.48. The Kier molecular flexibility index (Phi) is 5.43. The minimum Gasteiger partial charge on any atom is -0.378 e. The zero-order chi connectivity index (χ0) is 14.4. The molecule has 1 amide bonds. The highest BCUT2D eigenvalue weighted by atomic mass is 19.1. The van der Waals surface area contributed by atoms with Crippen LogP contribution in [-0.4, -0.2) is 48.6 Å². The molecule has 0 aliphatic carbocycles. The van der Waals surface area contributed by atoms with Crippen molar-refractivity contribution in [1.82, 2.24) is 15.2 Å². The van der Waals surface area contributed by atoms with Gasteiger partial charge in [-0.3, -0.25) is 9.78 Å². The summed E-state index contributed by atoms with van der Waals surface area (Å²) >= 11 is 0. The quantitative estimate of drug-likeness (QED) is 0.879. The van der Waals surface area contributed by atoms with E-state index in [9.17, 15) is 9.18 Å². The Morgan fingerprint density at radius 2 is 2.25 bits per heavy atom. The van der Waals surface area contributed by atoms with Crippen molar-refractivity contribution in [2.75, 3.05) is 32.8 Å². The van der Waals surface area contributed by atoms with Crippen LogP contribution in [0.2, 0.25) is 0 Å². The normalized spacial score (nSPS) is 17.0. The van der Waals surface area contributed by atoms with Gasteiger partial charge in [0.25, 0.3) is 0 Å². The highest BCUT2D eigenvalue weighted by Crippen LogP contribution is 2.11. The molecule has 1 saturated heterocycles.